The molecule has 0 heterocycles. The molecule has 0 saturated heterocycles. The van der Waals surface area contributed by atoms with E-state index in [0.717, 1.165) is 0 Å². The molecule has 0 bridgehead atoms. The molecule has 0 nitrogen and oxygen atoms in total. The quantitative estimate of drug-likeness (QED) is 0.388. The molecule has 0 N–H and O–H groups in total. The highest BCUT2D eigenvalue weighted by Gasteiger charge is 2.23. The lowest BCUT2D eigenvalue weighted by atomic mass is 10.1. The predicted octanol–water partition coefficient (Wildman–Crippen LogP) is 6.08. The third kappa shape index (κ3) is 5.59. The van der Waals surface area contributed by atoms with Crippen LogP contribution in [0.5, 0.6) is 0 Å². The highest BCUT2D eigenvalue weighted by molar-refractivity contribution is 7.97. The molecule has 0 amide bonds. The van der Waals surface area contributed by atoms with E-state index in [2.05, 4.69) is 67.6 Å². The summed E-state index contributed by atoms with van der Waals surface area (Å²) in [6.07, 6.45) is 8.25. The third-order valence-electron chi connectivity index (χ3n) is 3.76. The van der Waals surface area contributed by atoms with Crippen LogP contribution in [0.4, 0.5) is 0 Å². The van der Waals surface area contributed by atoms with E-state index in [9.17, 15) is 0 Å². The van der Waals surface area contributed by atoms with Gasteiger partial charge in [0.15, 0.2) is 9.79 Å². The van der Waals surface area contributed by atoms with Crippen LogP contribution in [-0.4, -0.2) is 5.75 Å². The normalized spacial score (nSPS) is 11.0. The number of unbranched alkanes of at least 4 members (excludes halogenated alkanes) is 5. The van der Waals surface area contributed by atoms with Crippen molar-refractivity contribution in [2.45, 2.75) is 55.2 Å². The molecule has 0 spiro atoms. The summed E-state index contributed by atoms with van der Waals surface area (Å²) in [4.78, 5) is 2.97. The lowest BCUT2D eigenvalue weighted by Gasteiger charge is -2.08. The molecular formula is C20H27S+. The Bertz CT molecular complexity index is 438. The van der Waals surface area contributed by atoms with Crippen LogP contribution in [0.2, 0.25) is 0 Å². The number of benzene rings is 2. The van der Waals surface area contributed by atoms with E-state index in [4.69, 9.17) is 0 Å². The minimum Gasteiger partial charge on any atom is -0.0654 e. The number of hydrogen-bond donors (Lipinski definition) is 0. The van der Waals surface area contributed by atoms with Gasteiger partial charge in [0.1, 0.15) is 5.75 Å². The van der Waals surface area contributed by atoms with Crippen molar-refractivity contribution in [2.24, 2.45) is 0 Å². The van der Waals surface area contributed by atoms with E-state index >= 15 is 0 Å². The van der Waals surface area contributed by atoms with E-state index in [1.165, 1.54) is 54.1 Å². The van der Waals surface area contributed by atoms with Crippen molar-refractivity contribution >= 4 is 10.9 Å². The van der Waals surface area contributed by atoms with Crippen LogP contribution in [-0.2, 0) is 10.9 Å². The van der Waals surface area contributed by atoms with Gasteiger partial charge in [-0.15, -0.1) is 0 Å². The zero-order valence-corrected chi connectivity index (χ0v) is 13.9. The van der Waals surface area contributed by atoms with Crippen molar-refractivity contribution in [2.75, 3.05) is 5.75 Å². The van der Waals surface area contributed by atoms with Crippen LogP contribution in [0.3, 0.4) is 0 Å². The summed E-state index contributed by atoms with van der Waals surface area (Å²) in [7, 11) is 0.242. The van der Waals surface area contributed by atoms with Crippen molar-refractivity contribution in [3.05, 3.63) is 60.7 Å². The van der Waals surface area contributed by atoms with E-state index in [0.29, 0.717) is 0 Å². The fourth-order valence-corrected chi connectivity index (χ4v) is 4.78. The zero-order chi connectivity index (χ0) is 14.8. The maximum absolute atomic E-state index is 2.28. The standard InChI is InChI=1S/C20H27S/c1-2-3-4-5-6-13-18-21(19-14-9-7-10-15-19)20-16-11-8-12-17-20/h7-12,14-17H,2-6,13,18H2,1H3/q+1. The first-order chi connectivity index (χ1) is 10.4. The van der Waals surface area contributed by atoms with Crippen LogP contribution in [0, 0.1) is 0 Å². The van der Waals surface area contributed by atoms with E-state index in [-0.39, 0.29) is 10.9 Å². The Hall–Kier alpha value is -1.21. The minimum atomic E-state index is 0.242. The largest absolute Gasteiger partial charge is 0.160 e. The number of hydrogen-bond acceptors (Lipinski definition) is 0. The van der Waals surface area contributed by atoms with Crippen molar-refractivity contribution < 1.29 is 0 Å². The second kappa shape index (κ2) is 9.68. The van der Waals surface area contributed by atoms with Gasteiger partial charge in [-0.05, 0) is 37.1 Å². The molecule has 0 unspecified atom stereocenters. The second-order valence-corrected chi connectivity index (χ2v) is 7.62. The Balaban J connectivity index is 1.94. The maximum Gasteiger partial charge on any atom is 0.160 e. The molecule has 0 aliphatic rings. The van der Waals surface area contributed by atoms with Crippen LogP contribution in [0.1, 0.15) is 45.4 Å². The molecule has 2 aromatic carbocycles. The van der Waals surface area contributed by atoms with E-state index in [1.54, 1.807) is 0 Å². The summed E-state index contributed by atoms with van der Waals surface area (Å²) < 4.78 is 0. The summed E-state index contributed by atoms with van der Waals surface area (Å²) in [5.41, 5.74) is 0. The molecule has 0 fully saturated rings. The Morgan fingerprint density at radius 3 is 1.62 bits per heavy atom. The highest BCUT2D eigenvalue weighted by atomic mass is 32.2. The van der Waals surface area contributed by atoms with Gasteiger partial charge in [-0.25, -0.2) is 0 Å². The fourth-order valence-electron chi connectivity index (χ4n) is 2.57. The summed E-state index contributed by atoms with van der Waals surface area (Å²) in [5.74, 6) is 1.29. The molecule has 0 saturated carbocycles. The molecule has 112 valence electrons. The highest BCUT2D eigenvalue weighted by Crippen LogP contribution is 2.24. The van der Waals surface area contributed by atoms with E-state index < -0.39 is 0 Å². The van der Waals surface area contributed by atoms with Crippen LogP contribution >= 0.6 is 0 Å². The van der Waals surface area contributed by atoms with Gasteiger partial charge in [-0.2, -0.15) is 0 Å². The monoisotopic (exact) mass is 299 g/mol. The molecule has 2 rings (SSSR count). The van der Waals surface area contributed by atoms with Gasteiger partial charge in [-0.1, -0.05) is 69.0 Å². The average molecular weight is 300 g/mol. The summed E-state index contributed by atoms with van der Waals surface area (Å²) in [6, 6.07) is 22.0. The lowest BCUT2D eigenvalue weighted by Crippen LogP contribution is -2.08. The van der Waals surface area contributed by atoms with Gasteiger partial charge in [0, 0.05) is 0 Å². The lowest BCUT2D eigenvalue weighted by molar-refractivity contribution is 0.626. The van der Waals surface area contributed by atoms with Crippen molar-refractivity contribution in [3.63, 3.8) is 0 Å². The van der Waals surface area contributed by atoms with E-state index in [1.807, 2.05) is 0 Å². The minimum absolute atomic E-state index is 0.242. The topological polar surface area (TPSA) is 0 Å². The molecule has 1 heteroatoms. The first kappa shape index (κ1) is 16.2. The van der Waals surface area contributed by atoms with Crippen LogP contribution in [0.15, 0.2) is 70.5 Å². The van der Waals surface area contributed by atoms with Gasteiger partial charge < -0.3 is 0 Å². The van der Waals surface area contributed by atoms with Gasteiger partial charge >= 0.3 is 0 Å². The van der Waals surface area contributed by atoms with Crippen molar-refractivity contribution in [1.29, 1.82) is 0 Å². The summed E-state index contributed by atoms with van der Waals surface area (Å²) in [6.45, 7) is 2.28. The van der Waals surface area contributed by atoms with Gasteiger partial charge in [-0.3, -0.25) is 0 Å². The maximum atomic E-state index is 2.28. The molecule has 0 atom stereocenters. The molecule has 0 radical (unpaired) electrons. The molecule has 0 aromatic heterocycles. The van der Waals surface area contributed by atoms with Crippen molar-refractivity contribution in [3.8, 4) is 0 Å². The predicted molar refractivity (Wildman–Crippen MR) is 95.0 cm³/mol. The number of rotatable bonds is 9. The molecular weight excluding hydrogens is 272 g/mol. The smallest absolute Gasteiger partial charge is 0.0654 e. The molecule has 0 aliphatic carbocycles. The summed E-state index contributed by atoms with van der Waals surface area (Å²) >= 11 is 0. The summed E-state index contributed by atoms with van der Waals surface area (Å²) in [5, 5.41) is 0. The van der Waals surface area contributed by atoms with Gasteiger partial charge in [0.05, 0.1) is 10.9 Å². The Kier molecular flexibility index (Phi) is 7.45. The Morgan fingerprint density at radius 1 is 0.619 bits per heavy atom. The average Bonchev–Trinajstić information content (AvgIpc) is 2.56. The first-order valence-electron chi connectivity index (χ1n) is 8.23. The molecule has 21 heavy (non-hydrogen) atoms. The fraction of sp³-hybridized carbons (Fsp3) is 0.400. The SMILES string of the molecule is CCCCCCCC[S+](c1ccccc1)c1ccccc1. The third-order valence-corrected chi connectivity index (χ3v) is 6.14. The van der Waals surface area contributed by atoms with Gasteiger partial charge in [0.2, 0.25) is 0 Å². The zero-order valence-electron chi connectivity index (χ0n) is 13.1. The van der Waals surface area contributed by atoms with Crippen LogP contribution < -0.4 is 0 Å². The van der Waals surface area contributed by atoms with Gasteiger partial charge in [0.25, 0.3) is 0 Å². The second-order valence-electron chi connectivity index (χ2n) is 5.49. The Labute approximate surface area is 132 Å². The van der Waals surface area contributed by atoms with Crippen molar-refractivity contribution in [1.82, 2.24) is 0 Å². The molecule has 2 aromatic rings. The first-order valence-corrected chi connectivity index (χ1v) is 9.62. The van der Waals surface area contributed by atoms with Crippen LogP contribution in [0.25, 0.3) is 0 Å². The molecule has 0 aliphatic heterocycles. The Morgan fingerprint density at radius 2 is 1.10 bits per heavy atom.